The number of ether oxygens (including phenoxy) is 1. The zero-order valence-electron chi connectivity index (χ0n) is 9.47. The molecular formula is C10H20N2O2S. The first-order valence-corrected chi connectivity index (χ1v) is 5.64. The summed E-state index contributed by atoms with van der Waals surface area (Å²) in [6.07, 6.45) is 4.37. The maximum atomic E-state index is 10.5. The monoisotopic (exact) mass is 232 g/mol. The molecule has 4 nitrogen and oxygen atoms in total. The van der Waals surface area contributed by atoms with Crippen molar-refractivity contribution >= 4 is 23.3 Å². The van der Waals surface area contributed by atoms with Gasteiger partial charge in [0.05, 0.1) is 7.11 Å². The largest absolute Gasteiger partial charge is 0.474 e. The Bertz CT molecular complexity index is 198. The predicted molar refractivity (Wildman–Crippen MR) is 64.8 cm³/mol. The molecule has 0 aliphatic carbocycles. The Labute approximate surface area is 96.8 Å². The van der Waals surface area contributed by atoms with Crippen molar-refractivity contribution < 1.29 is 9.53 Å². The quantitative estimate of drug-likeness (QED) is 0.511. The molecule has 88 valence electrons. The number of hydrogen-bond donors (Lipinski definition) is 2. The van der Waals surface area contributed by atoms with E-state index in [-0.39, 0.29) is 5.91 Å². The minimum absolute atomic E-state index is 0.0436. The van der Waals surface area contributed by atoms with Crippen molar-refractivity contribution in [1.82, 2.24) is 10.6 Å². The van der Waals surface area contributed by atoms with E-state index in [9.17, 15) is 4.79 Å². The molecule has 0 atom stereocenters. The van der Waals surface area contributed by atoms with Crippen LogP contribution in [0.4, 0.5) is 0 Å². The van der Waals surface area contributed by atoms with E-state index in [0.29, 0.717) is 5.17 Å². The molecule has 0 unspecified atom stereocenters. The van der Waals surface area contributed by atoms with Crippen LogP contribution in [-0.2, 0) is 9.53 Å². The lowest BCUT2D eigenvalue weighted by Gasteiger charge is -2.05. The van der Waals surface area contributed by atoms with Gasteiger partial charge in [-0.25, -0.2) is 0 Å². The van der Waals surface area contributed by atoms with Crippen LogP contribution in [-0.4, -0.2) is 31.3 Å². The molecule has 0 aromatic carbocycles. The standard InChI is InChI=1S/C10H20N2O2S/c1-9(13)11-7-5-3-4-6-8-12-10(15)14-2/h3-8H2,1-2H3,(H,11,13)(H,12,15). The van der Waals surface area contributed by atoms with Gasteiger partial charge in [-0.1, -0.05) is 12.8 Å². The van der Waals surface area contributed by atoms with Gasteiger partial charge in [0.2, 0.25) is 5.91 Å². The molecule has 0 radical (unpaired) electrons. The molecule has 0 rings (SSSR count). The molecule has 0 spiro atoms. The first-order valence-electron chi connectivity index (χ1n) is 5.23. The van der Waals surface area contributed by atoms with Crippen LogP contribution < -0.4 is 10.6 Å². The van der Waals surface area contributed by atoms with Crippen LogP contribution in [0.2, 0.25) is 0 Å². The van der Waals surface area contributed by atoms with E-state index in [4.69, 9.17) is 17.0 Å². The summed E-state index contributed by atoms with van der Waals surface area (Å²) in [6, 6.07) is 0. The van der Waals surface area contributed by atoms with Crippen LogP contribution in [0.5, 0.6) is 0 Å². The third kappa shape index (κ3) is 11.1. The van der Waals surface area contributed by atoms with Crippen molar-refractivity contribution in [2.24, 2.45) is 0 Å². The first-order chi connectivity index (χ1) is 7.16. The number of rotatable bonds is 7. The summed E-state index contributed by atoms with van der Waals surface area (Å²) >= 11 is 4.82. The van der Waals surface area contributed by atoms with Gasteiger partial charge in [-0.15, -0.1) is 0 Å². The SMILES string of the molecule is COC(=S)NCCCCCCNC(C)=O. The van der Waals surface area contributed by atoms with Crippen molar-refractivity contribution in [2.45, 2.75) is 32.6 Å². The summed E-state index contributed by atoms with van der Waals surface area (Å²) in [5.41, 5.74) is 0. The van der Waals surface area contributed by atoms with Crippen molar-refractivity contribution in [2.75, 3.05) is 20.2 Å². The number of nitrogens with one attached hydrogen (secondary N) is 2. The summed E-state index contributed by atoms with van der Waals surface area (Å²) in [6.45, 7) is 3.17. The topological polar surface area (TPSA) is 50.4 Å². The van der Waals surface area contributed by atoms with E-state index in [0.717, 1.165) is 38.8 Å². The van der Waals surface area contributed by atoms with Gasteiger partial charge in [0, 0.05) is 20.0 Å². The Balaban J connectivity index is 3.05. The van der Waals surface area contributed by atoms with Gasteiger partial charge >= 0.3 is 0 Å². The molecule has 0 saturated carbocycles. The Morgan fingerprint density at radius 1 is 1.13 bits per heavy atom. The fourth-order valence-corrected chi connectivity index (χ4v) is 1.23. The van der Waals surface area contributed by atoms with E-state index in [1.807, 2.05) is 0 Å². The van der Waals surface area contributed by atoms with E-state index < -0.39 is 0 Å². The van der Waals surface area contributed by atoms with Crippen molar-refractivity contribution in [1.29, 1.82) is 0 Å². The normalized spacial score (nSPS) is 9.47. The van der Waals surface area contributed by atoms with Crippen molar-refractivity contribution in [3.8, 4) is 0 Å². The Hall–Kier alpha value is -0.840. The predicted octanol–water partition coefficient (Wildman–Crippen LogP) is 1.20. The number of amides is 1. The lowest BCUT2D eigenvalue weighted by Crippen LogP contribution is -2.23. The van der Waals surface area contributed by atoms with E-state index in [2.05, 4.69) is 10.6 Å². The van der Waals surface area contributed by atoms with Crippen LogP contribution in [0.3, 0.4) is 0 Å². The van der Waals surface area contributed by atoms with Gasteiger partial charge in [-0.05, 0) is 25.1 Å². The highest BCUT2D eigenvalue weighted by Crippen LogP contribution is 1.97. The molecule has 0 aliphatic rings. The highest BCUT2D eigenvalue weighted by atomic mass is 32.1. The summed E-state index contributed by atoms with van der Waals surface area (Å²) in [5.74, 6) is 0.0436. The van der Waals surface area contributed by atoms with Crippen molar-refractivity contribution in [3.05, 3.63) is 0 Å². The van der Waals surface area contributed by atoms with Crippen LogP contribution in [0.1, 0.15) is 32.6 Å². The number of hydrogen-bond acceptors (Lipinski definition) is 3. The molecule has 0 aromatic rings. The molecule has 15 heavy (non-hydrogen) atoms. The zero-order chi connectivity index (χ0) is 11.5. The molecule has 0 bridgehead atoms. The van der Waals surface area contributed by atoms with Crippen LogP contribution >= 0.6 is 12.2 Å². The summed E-state index contributed by atoms with van der Waals surface area (Å²) in [5, 5.41) is 6.20. The third-order valence-corrected chi connectivity index (χ3v) is 2.24. The van der Waals surface area contributed by atoms with Crippen LogP contribution in [0.25, 0.3) is 0 Å². The molecular weight excluding hydrogens is 212 g/mol. The lowest BCUT2D eigenvalue weighted by atomic mass is 10.2. The highest BCUT2D eigenvalue weighted by Gasteiger charge is 1.94. The fraction of sp³-hybridized carbons (Fsp3) is 0.800. The molecule has 0 fully saturated rings. The summed E-state index contributed by atoms with van der Waals surface area (Å²) in [4.78, 5) is 10.5. The van der Waals surface area contributed by atoms with E-state index in [1.165, 1.54) is 6.92 Å². The van der Waals surface area contributed by atoms with Gasteiger partial charge in [0.15, 0.2) is 0 Å². The second-order valence-corrected chi connectivity index (χ2v) is 3.69. The smallest absolute Gasteiger partial charge is 0.256 e. The average molecular weight is 232 g/mol. The van der Waals surface area contributed by atoms with Gasteiger partial charge in [0.25, 0.3) is 5.17 Å². The third-order valence-electron chi connectivity index (χ3n) is 1.93. The second-order valence-electron chi connectivity index (χ2n) is 3.32. The minimum atomic E-state index is 0.0436. The average Bonchev–Trinajstić information content (AvgIpc) is 2.21. The van der Waals surface area contributed by atoms with E-state index in [1.54, 1.807) is 7.11 Å². The zero-order valence-corrected chi connectivity index (χ0v) is 10.3. The highest BCUT2D eigenvalue weighted by molar-refractivity contribution is 7.80. The summed E-state index contributed by atoms with van der Waals surface area (Å²) in [7, 11) is 1.56. The van der Waals surface area contributed by atoms with E-state index >= 15 is 0 Å². The van der Waals surface area contributed by atoms with Crippen LogP contribution in [0, 0.1) is 0 Å². The fourth-order valence-electron chi connectivity index (χ4n) is 1.13. The molecule has 0 aliphatic heterocycles. The van der Waals surface area contributed by atoms with Crippen LogP contribution in [0.15, 0.2) is 0 Å². The molecule has 2 N–H and O–H groups in total. The van der Waals surface area contributed by atoms with Gasteiger partial charge in [0.1, 0.15) is 0 Å². The number of methoxy groups -OCH3 is 1. The number of unbranched alkanes of at least 4 members (excludes halogenated alkanes) is 3. The Morgan fingerprint density at radius 2 is 1.67 bits per heavy atom. The Kier molecular flexibility index (Phi) is 9.16. The van der Waals surface area contributed by atoms with Gasteiger partial charge in [-0.2, -0.15) is 0 Å². The minimum Gasteiger partial charge on any atom is -0.474 e. The lowest BCUT2D eigenvalue weighted by molar-refractivity contribution is -0.118. The Morgan fingerprint density at radius 3 is 2.13 bits per heavy atom. The van der Waals surface area contributed by atoms with Crippen molar-refractivity contribution in [3.63, 3.8) is 0 Å². The second kappa shape index (κ2) is 9.71. The number of carbonyl (C=O) groups is 1. The molecule has 1 amide bonds. The van der Waals surface area contributed by atoms with Gasteiger partial charge < -0.3 is 15.4 Å². The number of carbonyl (C=O) groups excluding carboxylic acids is 1. The molecule has 5 heteroatoms. The number of thiocarbonyl (C=S) groups is 1. The van der Waals surface area contributed by atoms with Gasteiger partial charge in [-0.3, -0.25) is 4.79 Å². The first kappa shape index (κ1) is 14.2. The molecule has 0 heterocycles. The summed E-state index contributed by atoms with van der Waals surface area (Å²) < 4.78 is 4.79. The maximum absolute atomic E-state index is 10.5. The molecule has 0 aromatic heterocycles. The molecule has 0 saturated heterocycles. The maximum Gasteiger partial charge on any atom is 0.256 e.